The number of hydrogen-bond acceptors (Lipinski definition) is 2. The van der Waals surface area contributed by atoms with E-state index in [1.165, 1.54) is 22.2 Å². The Morgan fingerprint density at radius 1 is 1.28 bits per heavy atom. The van der Waals surface area contributed by atoms with Gasteiger partial charge in [-0.15, -0.1) is 0 Å². The van der Waals surface area contributed by atoms with E-state index in [-0.39, 0.29) is 5.78 Å². The minimum Gasteiger partial charge on any atom is -0.358 e. The summed E-state index contributed by atoms with van der Waals surface area (Å²) in [5.74, 6) is 0.241. The van der Waals surface area contributed by atoms with Crippen LogP contribution < -0.4 is 5.32 Å². The predicted octanol–water partition coefficient (Wildman–Crippen LogP) is 2.59. The molecule has 0 aliphatic heterocycles. The minimum atomic E-state index is 0.241. The number of rotatable bonds is 6. The van der Waals surface area contributed by atoms with E-state index in [2.05, 4.69) is 35.4 Å². The summed E-state index contributed by atoms with van der Waals surface area (Å²) in [6.07, 6.45) is 1.61. The molecule has 0 spiro atoms. The van der Waals surface area contributed by atoms with E-state index in [0.717, 1.165) is 19.5 Å². The summed E-state index contributed by atoms with van der Waals surface area (Å²) in [5.41, 5.74) is 3.82. The number of H-pyrrole nitrogens is 1. The second-order valence-electron chi connectivity index (χ2n) is 4.73. The highest BCUT2D eigenvalue weighted by atomic mass is 16.1. The van der Waals surface area contributed by atoms with Crippen LogP contribution in [0.25, 0.3) is 10.9 Å². The quantitative estimate of drug-likeness (QED) is 0.767. The molecule has 2 rings (SSSR count). The molecule has 3 heteroatoms. The van der Waals surface area contributed by atoms with Crippen LogP contribution in [0.15, 0.2) is 24.3 Å². The third-order valence-electron chi connectivity index (χ3n) is 3.23. The molecule has 18 heavy (non-hydrogen) atoms. The van der Waals surface area contributed by atoms with Gasteiger partial charge in [0.1, 0.15) is 5.78 Å². The molecule has 0 atom stereocenters. The fraction of sp³-hybridized carbons (Fsp3) is 0.400. The molecule has 1 aromatic heterocycles. The Labute approximate surface area is 108 Å². The number of aromatic amines is 1. The number of para-hydroxylation sites is 1. The second kappa shape index (κ2) is 5.83. The van der Waals surface area contributed by atoms with E-state index in [9.17, 15) is 4.79 Å². The molecule has 2 N–H and O–H groups in total. The normalized spacial score (nSPS) is 11.0. The number of hydrogen-bond donors (Lipinski definition) is 2. The molecule has 1 aromatic carbocycles. The molecule has 96 valence electrons. The van der Waals surface area contributed by atoms with E-state index in [1.54, 1.807) is 6.92 Å². The van der Waals surface area contributed by atoms with Crippen molar-refractivity contribution < 1.29 is 4.79 Å². The Hall–Kier alpha value is -1.61. The molecule has 0 amide bonds. The van der Waals surface area contributed by atoms with Gasteiger partial charge in [-0.1, -0.05) is 18.2 Å². The maximum Gasteiger partial charge on any atom is 0.131 e. The number of Topliss-reactive ketones (excluding diaryl/α,β-unsaturated/α-hetero) is 1. The summed E-state index contributed by atoms with van der Waals surface area (Å²) in [5, 5.41) is 4.62. The van der Waals surface area contributed by atoms with Gasteiger partial charge in [0.05, 0.1) is 0 Å². The molecule has 0 aliphatic rings. The fourth-order valence-corrected chi connectivity index (χ4v) is 2.26. The van der Waals surface area contributed by atoms with Gasteiger partial charge in [-0.3, -0.25) is 4.79 Å². The predicted molar refractivity (Wildman–Crippen MR) is 74.9 cm³/mol. The lowest BCUT2D eigenvalue weighted by Gasteiger charge is -2.04. The van der Waals surface area contributed by atoms with E-state index in [0.29, 0.717) is 6.42 Å². The molecule has 0 saturated heterocycles. The van der Waals surface area contributed by atoms with E-state index in [1.807, 2.05) is 6.07 Å². The number of nitrogens with one attached hydrogen (secondary N) is 2. The van der Waals surface area contributed by atoms with Gasteiger partial charge in [0.15, 0.2) is 0 Å². The summed E-state index contributed by atoms with van der Waals surface area (Å²) >= 11 is 0. The summed E-state index contributed by atoms with van der Waals surface area (Å²) in [6, 6.07) is 8.38. The number of aromatic nitrogens is 1. The van der Waals surface area contributed by atoms with Crippen LogP contribution in [0.4, 0.5) is 0 Å². The first-order valence-electron chi connectivity index (χ1n) is 6.45. The van der Waals surface area contributed by atoms with Gasteiger partial charge in [-0.25, -0.2) is 0 Å². The molecular weight excluding hydrogens is 224 g/mol. The van der Waals surface area contributed by atoms with E-state index >= 15 is 0 Å². The summed E-state index contributed by atoms with van der Waals surface area (Å²) in [4.78, 5) is 14.2. The van der Waals surface area contributed by atoms with Crippen molar-refractivity contribution in [3.63, 3.8) is 0 Å². The van der Waals surface area contributed by atoms with Crippen LogP contribution >= 0.6 is 0 Å². The van der Waals surface area contributed by atoms with Crippen molar-refractivity contribution in [2.75, 3.05) is 13.1 Å². The van der Waals surface area contributed by atoms with Gasteiger partial charge < -0.3 is 10.3 Å². The zero-order valence-corrected chi connectivity index (χ0v) is 11.0. The van der Waals surface area contributed by atoms with Crippen LogP contribution in [0, 0.1) is 6.92 Å². The Balaban J connectivity index is 1.95. The fourth-order valence-electron chi connectivity index (χ4n) is 2.26. The van der Waals surface area contributed by atoms with Gasteiger partial charge in [0.2, 0.25) is 0 Å². The Morgan fingerprint density at radius 3 is 2.83 bits per heavy atom. The average Bonchev–Trinajstić information content (AvgIpc) is 2.65. The molecular formula is C15H20N2O. The van der Waals surface area contributed by atoms with Gasteiger partial charge in [0, 0.05) is 29.6 Å². The number of carbonyl (C=O) groups excluding carboxylic acids is 1. The smallest absolute Gasteiger partial charge is 0.131 e. The Kier molecular flexibility index (Phi) is 4.15. The van der Waals surface area contributed by atoms with Crippen molar-refractivity contribution in [3.05, 3.63) is 35.5 Å². The number of carbonyl (C=O) groups is 1. The highest BCUT2D eigenvalue weighted by molar-refractivity contribution is 5.84. The largest absolute Gasteiger partial charge is 0.358 e. The van der Waals surface area contributed by atoms with Crippen molar-refractivity contribution in [1.82, 2.24) is 10.3 Å². The average molecular weight is 244 g/mol. The third-order valence-corrected chi connectivity index (χ3v) is 3.23. The van der Waals surface area contributed by atoms with E-state index in [4.69, 9.17) is 0 Å². The Bertz CT molecular complexity index is 542. The topological polar surface area (TPSA) is 44.9 Å². The van der Waals surface area contributed by atoms with Crippen LogP contribution in [0.3, 0.4) is 0 Å². The van der Waals surface area contributed by atoms with Gasteiger partial charge in [-0.05, 0) is 38.4 Å². The minimum absolute atomic E-state index is 0.241. The number of aryl methyl sites for hydroxylation is 1. The van der Waals surface area contributed by atoms with Gasteiger partial charge in [-0.2, -0.15) is 0 Å². The molecule has 0 aliphatic carbocycles. The lowest BCUT2D eigenvalue weighted by atomic mass is 10.1. The highest BCUT2D eigenvalue weighted by Crippen LogP contribution is 2.21. The maximum atomic E-state index is 10.8. The molecule has 3 nitrogen and oxygen atoms in total. The SMILES string of the molecule is CC(=O)CCNCCc1c(C)[nH]c2ccccc12. The van der Waals surface area contributed by atoms with Crippen molar-refractivity contribution in [2.45, 2.75) is 26.7 Å². The summed E-state index contributed by atoms with van der Waals surface area (Å²) < 4.78 is 0. The van der Waals surface area contributed by atoms with Crippen LogP contribution in [0.2, 0.25) is 0 Å². The maximum absolute atomic E-state index is 10.8. The van der Waals surface area contributed by atoms with Crippen molar-refractivity contribution >= 4 is 16.7 Å². The molecule has 2 aromatic rings. The van der Waals surface area contributed by atoms with Crippen LogP contribution in [0.5, 0.6) is 0 Å². The van der Waals surface area contributed by atoms with Crippen LogP contribution in [-0.4, -0.2) is 23.9 Å². The van der Waals surface area contributed by atoms with Crippen molar-refractivity contribution in [1.29, 1.82) is 0 Å². The first kappa shape index (κ1) is 12.8. The third kappa shape index (κ3) is 2.99. The zero-order valence-electron chi connectivity index (χ0n) is 11.0. The van der Waals surface area contributed by atoms with Crippen LogP contribution in [-0.2, 0) is 11.2 Å². The first-order valence-corrected chi connectivity index (χ1v) is 6.45. The highest BCUT2D eigenvalue weighted by Gasteiger charge is 2.06. The first-order chi connectivity index (χ1) is 8.68. The summed E-state index contributed by atoms with van der Waals surface area (Å²) in [6.45, 7) is 5.43. The van der Waals surface area contributed by atoms with Crippen molar-refractivity contribution in [2.24, 2.45) is 0 Å². The van der Waals surface area contributed by atoms with Gasteiger partial charge >= 0.3 is 0 Å². The molecule has 0 saturated carbocycles. The number of benzene rings is 1. The molecule has 1 heterocycles. The van der Waals surface area contributed by atoms with Crippen LogP contribution in [0.1, 0.15) is 24.6 Å². The molecule has 0 fully saturated rings. The zero-order chi connectivity index (χ0) is 13.0. The summed E-state index contributed by atoms with van der Waals surface area (Å²) in [7, 11) is 0. The molecule has 0 unspecified atom stereocenters. The molecule has 0 radical (unpaired) electrons. The standard InChI is InChI=1S/C15H20N2O/c1-11(18)7-9-16-10-8-13-12(2)17-15-6-4-3-5-14(13)15/h3-6,16-17H,7-10H2,1-2H3. The van der Waals surface area contributed by atoms with E-state index < -0.39 is 0 Å². The lowest BCUT2D eigenvalue weighted by Crippen LogP contribution is -2.20. The second-order valence-corrected chi connectivity index (χ2v) is 4.73. The van der Waals surface area contributed by atoms with Crippen molar-refractivity contribution in [3.8, 4) is 0 Å². The lowest BCUT2D eigenvalue weighted by molar-refractivity contribution is -0.116. The Morgan fingerprint density at radius 2 is 2.06 bits per heavy atom. The number of ketones is 1. The number of fused-ring (bicyclic) bond motifs is 1. The molecule has 0 bridgehead atoms. The van der Waals surface area contributed by atoms with Gasteiger partial charge in [0.25, 0.3) is 0 Å². The monoisotopic (exact) mass is 244 g/mol.